The van der Waals surface area contributed by atoms with Gasteiger partial charge in [0.1, 0.15) is 5.82 Å². The molecule has 0 radical (unpaired) electrons. The van der Waals surface area contributed by atoms with E-state index in [1.807, 2.05) is 6.07 Å². The van der Waals surface area contributed by atoms with Gasteiger partial charge in [-0.2, -0.15) is 0 Å². The van der Waals surface area contributed by atoms with Crippen molar-refractivity contribution < 1.29 is 4.74 Å². The lowest BCUT2D eigenvalue weighted by atomic mass is 10.1. The fourth-order valence-corrected chi connectivity index (χ4v) is 5.39. The molecule has 1 atom stereocenters. The smallest absolute Gasteiger partial charge is 0.191 e. The van der Waals surface area contributed by atoms with E-state index in [1.54, 1.807) is 24.2 Å². The number of thioether (sulfide) groups is 1. The SMILES string of the molecule is Cc1ccccc1CSc1nnc(CN(C)Cc2ccc3nccnc3c2)n1CC1CCCO1. The summed E-state index contributed by atoms with van der Waals surface area (Å²) in [5.74, 6) is 1.86. The summed E-state index contributed by atoms with van der Waals surface area (Å²) in [6.45, 7) is 5.32. The van der Waals surface area contributed by atoms with Crippen LogP contribution >= 0.6 is 11.8 Å². The summed E-state index contributed by atoms with van der Waals surface area (Å²) in [6.07, 6.45) is 5.91. The van der Waals surface area contributed by atoms with Crippen LogP contribution in [0.1, 0.15) is 35.4 Å². The molecule has 0 aliphatic carbocycles. The average Bonchev–Trinajstić information content (AvgIpc) is 3.49. The highest BCUT2D eigenvalue weighted by atomic mass is 32.2. The molecule has 5 rings (SSSR count). The van der Waals surface area contributed by atoms with E-state index >= 15 is 0 Å². The van der Waals surface area contributed by atoms with Gasteiger partial charge in [0.2, 0.25) is 0 Å². The van der Waals surface area contributed by atoms with Crippen molar-refractivity contribution in [3.8, 4) is 0 Å². The van der Waals surface area contributed by atoms with Crippen LogP contribution in [0.2, 0.25) is 0 Å². The number of hydrogen-bond acceptors (Lipinski definition) is 7. The van der Waals surface area contributed by atoms with Crippen molar-refractivity contribution in [2.75, 3.05) is 13.7 Å². The van der Waals surface area contributed by atoms with Crippen LogP contribution in [-0.2, 0) is 30.1 Å². The summed E-state index contributed by atoms with van der Waals surface area (Å²) in [6, 6.07) is 14.8. The van der Waals surface area contributed by atoms with Crippen molar-refractivity contribution in [2.45, 2.75) is 56.4 Å². The van der Waals surface area contributed by atoms with Crippen LogP contribution in [0.25, 0.3) is 11.0 Å². The lowest BCUT2D eigenvalue weighted by Crippen LogP contribution is -2.23. The Labute approximate surface area is 204 Å². The van der Waals surface area contributed by atoms with Gasteiger partial charge in [-0.25, -0.2) is 0 Å². The topological polar surface area (TPSA) is 69.0 Å². The van der Waals surface area contributed by atoms with Gasteiger partial charge >= 0.3 is 0 Å². The van der Waals surface area contributed by atoms with Gasteiger partial charge in [0.15, 0.2) is 5.16 Å². The Morgan fingerprint density at radius 3 is 2.74 bits per heavy atom. The Balaban J connectivity index is 1.31. The maximum Gasteiger partial charge on any atom is 0.191 e. The molecule has 34 heavy (non-hydrogen) atoms. The molecule has 1 aliphatic heterocycles. The van der Waals surface area contributed by atoms with E-state index in [1.165, 1.54) is 16.7 Å². The van der Waals surface area contributed by atoms with Gasteiger partial charge in [-0.15, -0.1) is 10.2 Å². The number of rotatable bonds is 9. The zero-order valence-electron chi connectivity index (χ0n) is 19.7. The largest absolute Gasteiger partial charge is 0.376 e. The van der Waals surface area contributed by atoms with Crippen molar-refractivity contribution >= 4 is 22.8 Å². The lowest BCUT2D eigenvalue weighted by Gasteiger charge is -2.19. The zero-order valence-corrected chi connectivity index (χ0v) is 20.5. The number of nitrogens with zero attached hydrogens (tertiary/aromatic N) is 6. The van der Waals surface area contributed by atoms with Crippen LogP contribution in [0.5, 0.6) is 0 Å². The van der Waals surface area contributed by atoms with E-state index in [2.05, 4.69) is 80.0 Å². The molecule has 8 heteroatoms. The van der Waals surface area contributed by atoms with Gasteiger partial charge in [-0.3, -0.25) is 14.9 Å². The fraction of sp³-hybridized carbons (Fsp3) is 0.385. The summed E-state index contributed by atoms with van der Waals surface area (Å²) in [4.78, 5) is 11.1. The van der Waals surface area contributed by atoms with Crippen molar-refractivity contribution in [3.63, 3.8) is 0 Å². The molecule has 4 aromatic rings. The van der Waals surface area contributed by atoms with E-state index in [4.69, 9.17) is 4.74 Å². The number of benzene rings is 2. The van der Waals surface area contributed by atoms with Crippen LogP contribution in [0.15, 0.2) is 60.0 Å². The van der Waals surface area contributed by atoms with Crippen LogP contribution in [0.3, 0.4) is 0 Å². The fourth-order valence-electron chi connectivity index (χ4n) is 4.35. The second kappa shape index (κ2) is 10.6. The maximum atomic E-state index is 5.95. The van der Waals surface area contributed by atoms with Crippen molar-refractivity contribution in [1.82, 2.24) is 29.6 Å². The Morgan fingerprint density at radius 2 is 1.91 bits per heavy atom. The number of aryl methyl sites for hydroxylation is 1. The molecule has 1 aliphatic rings. The minimum atomic E-state index is 0.233. The van der Waals surface area contributed by atoms with Crippen LogP contribution in [0, 0.1) is 6.92 Å². The summed E-state index contributed by atoms with van der Waals surface area (Å²) in [7, 11) is 2.12. The zero-order chi connectivity index (χ0) is 23.3. The molecule has 0 saturated carbocycles. The van der Waals surface area contributed by atoms with Crippen molar-refractivity contribution in [1.29, 1.82) is 0 Å². The van der Waals surface area contributed by atoms with Gasteiger partial charge in [0, 0.05) is 31.3 Å². The summed E-state index contributed by atoms with van der Waals surface area (Å²) >= 11 is 1.75. The highest BCUT2D eigenvalue weighted by molar-refractivity contribution is 7.98. The van der Waals surface area contributed by atoms with Gasteiger partial charge in [0.05, 0.1) is 30.2 Å². The number of hydrogen-bond donors (Lipinski definition) is 0. The molecular formula is C26H30N6OS. The Kier molecular flexibility index (Phi) is 7.18. The van der Waals surface area contributed by atoms with Gasteiger partial charge < -0.3 is 9.30 Å². The first kappa shape index (κ1) is 23.0. The van der Waals surface area contributed by atoms with Crippen LogP contribution in [-0.4, -0.2) is 49.4 Å². The molecule has 0 amide bonds. The first-order valence-corrected chi connectivity index (χ1v) is 12.7. The maximum absolute atomic E-state index is 5.95. The standard InChI is InChI=1S/C26H30N6OS/c1-19-6-3-4-7-21(19)18-34-26-30-29-25(32(26)16-22-8-5-13-33-22)17-31(2)15-20-9-10-23-24(14-20)28-12-11-27-23/h3-4,6-7,9-12,14,22H,5,8,13,15-18H2,1-2H3. The monoisotopic (exact) mass is 474 g/mol. The molecule has 1 saturated heterocycles. The molecule has 1 unspecified atom stereocenters. The van der Waals surface area contributed by atoms with Crippen LogP contribution in [0.4, 0.5) is 0 Å². The highest BCUT2D eigenvalue weighted by Gasteiger charge is 2.22. The normalized spacial score (nSPS) is 16.0. The summed E-state index contributed by atoms with van der Waals surface area (Å²) < 4.78 is 8.21. The molecule has 0 spiro atoms. The Morgan fingerprint density at radius 1 is 1.06 bits per heavy atom. The first-order valence-electron chi connectivity index (χ1n) is 11.7. The Hall–Kier alpha value is -2.81. The first-order chi connectivity index (χ1) is 16.7. The predicted molar refractivity (Wildman–Crippen MR) is 134 cm³/mol. The van der Waals surface area contributed by atoms with Crippen molar-refractivity contribution in [3.05, 3.63) is 77.4 Å². The molecule has 3 heterocycles. The molecule has 0 bridgehead atoms. The highest BCUT2D eigenvalue weighted by Crippen LogP contribution is 2.26. The predicted octanol–water partition coefficient (Wildman–Crippen LogP) is 4.63. The molecule has 1 fully saturated rings. The quantitative estimate of drug-likeness (QED) is 0.328. The lowest BCUT2D eigenvalue weighted by molar-refractivity contribution is 0.0934. The minimum Gasteiger partial charge on any atom is -0.376 e. The molecule has 7 nitrogen and oxygen atoms in total. The minimum absolute atomic E-state index is 0.233. The van der Waals surface area contributed by atoms with E-state index in [-0.39, 0.29) is 6.10 Å². The van der Waals surface area contributed by atoms with Crippen LogP contribution < -0.4 is 0 Å². The Bertz CT molecular complexity index is 1250. The molecular weight excluding hydrogens is 444 g/mol. The summed E-state index contributed by atoms with van der Waals surface area (Å²) in [5.41, 5.74) is 5.68. The molecule has 2 aromatic carbocycles. The second-order valence-corrected chi connectivity index (χ2v) is 9.85. The van der Waals surface area contributed by atoms with Crippen molar-refractivity contribution in [2.24, 2.45) is 0 Å². The second-order valence-electron chi connectivity index (χ2n) is 8.91. The van der Waals surface area contributed by atoms with Gasteiger partial charge in [-0.05, 0) is 55.6 Å². The molecule has 0 N–H and O–H groups in total. The molecule has 2 aromatic heterocycles. The third-order valence-corrected chi connectivity index (χ3v) is 7.23. The van der Waals surface area contributed by atoms with E-state index in [0.717, 1.165) is 60.3 Å². The van der Waals surface area contributed by atoms with Gasteiger partial charge in [-0.1, -0.05) is 42.1 Å². The third-order valence-electron chi connectivity index (χ3n) is 6.22. The average molecular weight is 475 g/mol. The summed E-state index contributed by atoms with van der Waals surface area (Å²) in [5, 5.41) is 10.1. The number of ether oxygens (including phenoxy) is 1. The van der Waals surface area contributed by atoms with E-state index in [0.29, 0.717) is 6.54 Å². The van der Waals surface area contributed by atoms with E-state index in [9.17, 15) is 0 Å². The number of fused-ring (bicyclic) bond motifs is 1. The molecule has 176 valence electrons. The van der Waals surface area contributed by atoms with Gasteiger partial charge in [0.25, 0.3) is 0 Å². The third kappa shape index (κ3) is 5.46. The number of aromatic nitrogens is 5. The van der Waals surface area contributed by atoms with E-state index < -0.39 is 0 Å².